The number of hydrogen-bond acceptors (Lipinski definition) is 13. The van der Waals surface area contributed by atoms with Gasteiger partial charge in [0.1, 0.15) is 0 Å². The Morgan fingerprint density at radius 1 is 0.590 bits per heavy atom. The highest BCUT2D eigenvalue weighted by Crippen LogP contribution is 2.41. The fourth-order valence-electron chi connectivity index (χ4n) is 3.62. The summed E-state index contributed by atoms with van der Waals surface area (Å²) in [6.07, 6.45) is 1.32. The summed E-state index contributed by atoms with van der Waals surface area (Å²) in [7, 11) is -5.43. The van der Waals surface area contributed by atoms with Crippen LogP contribution < -0.4 is 0 Å². The maximum absolute atomic E-state index is 14.0. The van der Waals surface area contributed by atoms with Crippen LogP contribution in [0.4, 0.5) is 0 Å². The van der Waals surface area contributed by atoms with Gasteiger partial charge in [-0.15, -0.1) is 6.58 Å². The Balaban J connectivity index is 2.40. The zero-order valence-corrected chi connectivity index (χ0v) is 20.8. The molecule has 0 saturated carbocycles. The van der Waals surface area contributed by atoms with Crippen molar-refractivity contribution < 1.29 is 64.8 Å². The number of carbonyl (C=O) groups excluding carboxylic acids is 3. The van der Waals surface area contributed by atoms with E-state index in [-0.39, 0.29) is 6.42 Å². The monoisotopic (exact) mass is 558 g/mol. The van der Waals surface area contributed by atoms with Crippen LogP contribution in [-0.4, -0.2) is 77.1 Å². The number of phenols is 9. The summed E-state index contributed by atoms with van der Waals surface area (Å²) in [6.45, 7) is 3.02. The first kappa shape index (κ1) is 28.4. The van der Waals surface area contributed by atoms with Crippen LogP contribution in [0.1, 0.15) is 37.5 Å². The van der Waals surface area contributed by atoms with Gasteiger partial charge >= 0.3 is 8.32 Å². The SMILES string of the molecule is C=CCCO[Si](C(=O)c1cc(O)c(O)c(O)c1)(C(=O)c1cc(O)c(O)c(O)c1)C(=O)c1cc(O)c(O)c(O)c1. The van der Waals surface area contributed by atoms with Crippen molar-refractivity contribution in [2.75, 3.05) is 6.61 Å². The van der Waals surface area contributed by atoms with Crippen LogP contribution in [0.5, 0.6) is 51.7 Å². The second-order valence-corrected chi connectivity index (χ2v) is 11.2. The van der Waals surface area contributed by atoms with E-state index >= 15 is 0 Å². The van der Waals surface area contributed by atoms with E-state index < -0.39 is 99.6 Å². The smallest absolute Gasteiger partial charge is 0.420 e. The summed E-state index contributed by atoms with van der Waals surface area (Å²) < 4.78 is 5.69. The van der Waals surface area contributed by atoms with Gasteiger partial charge in [-0.25, -0.2) is 0 Å². The van der Waals surface area contributed by atoms with Gasteiger partial charge in [0.25, 0.3) is 0 Å². The Morgan fingerprint density at radius 3 is 1.08 bits per heavy atom. The molecule has 9 N–H and O–H groups in total. The maximum atomic E-state index is 14.0. The summed E-state index contributed by atoms with van der Waals surface area (Å²) in [5.74, 6) is -8.99. The van der Waals surface area contributed by atoms with Gasteiger partial charge in [-0.05, 0) is 42.8 Å². The zero-order valence-electron chi connectivity index (χ0n) is 19.8. The molecule has 0 atom stereocenters. The van der Waals surface area contributed by atoms with Crippen molar-refractivity contribution in [3.8, 4) is 51.7 Å². The van der Waals surface area contributed by atoms with Crippen molar-refractivity contribution in [3.63, 3.8) is 0 Å². The molecule has 0 fully saturated rings. The molecule has 39 heavy (non-hydrogen) atoms. The van der Waals surface area contributed by atoms with E-state index in [0.29, 0.717) is 36.4 Å². The van der Waals surface area contributed by atoms with E-state index in [4.69, 9.17) is 4.43 Å². The van der Waals surface area contributed by atoms with Gasteiger partial charge in [-0.1, -0.05) is 6.08 Å². The molecule has 0 bridgehead atoms. The summed E-state index contributed by atoms with van der Waals surface area (Å²) in [4.78, 5) is 42.0. The minimum Gasteiger partial charge on any atom is -0.504 e. The molecule has 204 valence electrons. The molecule has 0 radical (unpaired) electrons. The van der Waals surface area contributed by atoms with E-state index in [2.05, 4.69) is 6.58 Å². The van der Waals surface area contributed by atoms with Gasteiger partial charge in [0, 0.05) is 23.3 Å². The van der Waals surface area contributed by atoms with Crippen molar-refractivity contribution in [1.82, 2.24) is 0 Å². The first-order chi connectivity index (χ1) is 18.3. The number of phenolic OH excluding ortho intramolecular Hbond substituents is 9. The Morgan fingerprint density at radius 2 is 0.846 bits per heavy atom. The molecule has 13 nitrogen and oxygen atoms in total. The topological polar surface area (TPSA) is 243 Å². The molecule has 14 heteroatoms. The van der Waals surface area contributed by atoms with Gasteiger partial charge in [-0.2, -0.15) is 0 Å². The fourth-order valence-corrected chi connectivity index (χ4v) is 6.71. The Bertz CT molecular complexity index is 1270. The molecule has 0 aliphatic carbocycles. The third-order valence-corrected chi connectivity index (χ3v) is 9.02. The highest BCUT2D eigenvalue weighted by molar-refractivity contribution is 7.40. The van der Waals surface area contributed by atoms with Crippen molar-refractivity contribution in [2.24, 2.45) is 0 Å². The number of benzene rings is 3. The van der Waals surface area contributed by atoms with E-state index in [1.807, 2.05) is 0 Å². The molecule has 3 rings (SSSR count). The average molecular weight is 559 g/mol. The van der Waals surface area contributed by atoms with Crippen LogP contribution in [-0.2, 0) is 4.43 Å². The third kappa shape index (κ3) is 5.01. The van der Waals surface area contributed by atoms with Crippen molar-refractivity contribution in [1.29, 1.82) is 0 Å². The predicted octanol–water partition coefficient (Wildman–Crippen LogP) is 2.14. The quantitative estimate of drug-likeness (QED) is 0.0750. The minimum atomic E-state index is -5.43. The zero-order chi connectivity index (χ0) is 29.2. The second-order valence-electron chi connectivity index (χ2n) is 8.18. The highest BCUT2D eigenvalue weighted by Gasteiger charge is 2.59. The largest absolute Gasteiger partial charge is 0.504 e. The fraction of sp³-hybridized carbons (Fsp3) is 0.0800. The molecule has 0 saturated heterocycles. The number of hydrogen-bond donors (Lipinski definition) is 9. The summed E-state index contributed by atoms with van der Waals surface area (Å²) in [5.41, 5.74) is -2.02. The Labute approximate surface area is 220 Å². The molecule has 0 amide bonds. The molecule has 0 unspecified atom stereocenters. The number of carbonyl (C=O) groups is 3. The molecular formula is C25H22O13Si. The molecule has 0 spiro atoms. The lowest BCUT2D eigenvalue weighted by atomic mass is 10.2. The standard InChI is InChI=1S/C25H22O13Si/c1-2-3-4-38-39(23(35)11-5-14(26)20(32)15(27)6-11,24(36)12-7-16(28)21(33)17(29)8-12)25(37)13-9-18(30)22(34)19(31)10-13/h2,5-10,26-34H,1,3-4H2. The predicted molar refractivity (Wildman–Crippen MR) is 134 cm³/mol. The lowest BCUT2D eigenvalue weighted by Crippen LogP contribution is -2.62. The Kier molecular flexibility index (Phi) is 7.74. The summed E-state index contributed by atoms with van der Waals surface area (Å²) >= 11 is 0. The van der Waals surface area contributed by atoms with Crippen LogP contribution in [0.3, 0.4) is 0 Å². The average Bonchev–Trinajstić information content (AvgIpc) is 2.89. The van der Waals surface area contributed by atoms with Gasteiger partial charge < -0.3 is 50.4 Å². The molecule has 0 aliphatic rings. The summed E-state index contributed by atoms with van der Waals surface area (Å²) in [6, 6.07) is 3.88. The molecule has 3 aromatic carbocycles. The third-order valence-electron chi connectivity index (χ3n) is 5.60. The van der Waals surface area contributed by atoms with E-state index in [9.17, 15) is 60.3 Å². The molecular weight excluding hydrogens is 536 g/mol. The van der Waals surface area contributed by atoms with Crippen LogP contribution >= 0.6 is 0 Å². The number of rotatable bonds is 10. The van der Waals surface area contributed by atoms with Crippen LogP contribution in [0.2, 0.25) is 0 Å². The lowest BCUT2D eigenvalue weighted by Gasteiger charge is -2.27. The molecule has 0 aromatic heterocycles. The maximum Gasteiger partial charge on any atom is 0.420 e. The summed E-state index contributed by atoms with van der Waals surface area (Å²) in [5, 5.41) is 84.7. The van der Waals surface area contributed by atoms with Crippen LogP contribution in [0.25, 0.3) is 0 Å². The molecule has 3 aromatic rings. The van der Waals surface area contributed by atoms with Gasteiger partial charge in [-0.3, -0.25) is 14.4 Å². The first-order valence-electron chi connectivity index (χ1n) is 10.9. The van der Waals surface area contributed by atoms with Crippen LogP contribution in [0, 0.1) is 0 Å². The lowest BCUT2D eigenvalue weighted by molar-refractivity contribution is 0.0909. The van der Waals surface area contributed by atoms with Gasteiger partial charge in [0.2, 0.25) is 0 Å². The normalized spacial score (nSPS) is 11.2. The van der Waals surface area contributed by atoms with Gasteiger partial charge in [0.15, 0.2) is 68.0 Å². The van der Waals surface area contributed by atoms with Gasteiger partial charge in [0.05, 0.1) is 0 Å². The van der Waals surface area contributed by atoms with Crippen molar-refractivity contribution in [2.45, 2.75) is 6.42 Å². The van der Waals surface area contributed by atoms with Crippen LogP contribution in [0.15, 0.2) is 49.1 Å². The second kappa shape index (κ2) is 10.6. The van der Waals surface area contributed by atoms with Crippen molar-refractivity contribution >= 4 is 24.5 Å². The first-order valence-corrected chi connectivity index (χ1v) is 12.8. The number of aromatic hydroxyl groups is 9. The van der Waals surface area contributed by atoms with E-state index in [0.717, 1.165) is 0 Å². The van der Waals surface area contributed by atoms with E-state index in [1.54, 1.807) is 0 Å². The van der Waals surface area contributed by atoms with Crippen molar-refractivity contribution in [3.05, 3.63) is 65.7 Å². The molecule has 0 aliphatic heterocycles. The Hall–Kier alpha value is -5.21. The highest BCUT2D eigenvalue weighted by atomic mass is 28.4. The molecule has 0 heterocycles. The van der Waals surface area contributed by atoms with E-state index in [1.165, 1.54) is 6.08 Å². The minimum absolute atomic E-state index is 0.00712.